The molecular weight excluding hydrogens is 215 g/mol. The topological polar surface area (TPSA) is 12.0 Å². The van der Waals surface area contributed by atoms with E-state index in [1.807, 2.05) is 6.92 Å². The second-order valence-corrected chi connectivity index (χ2v) is 4.35. The molecule has 88 valence electrons. The van der Waals surface area contributed by atoms with Gasteiger partial charge in [-0.25, -0.2) is 0 Å². The number of anilines is 1. The van der Waals surface area contributed by atoms with Crippen molar-refractivity contribution in [2.45, 2.75) is 32.0 Å². The molecule has 0 spiro atoms. The van der Waals surface area contributed by atoms with Crippen molar-refractivity contribution in [1.82, 2.24) is 0 Å². The average molecular weight is 229 g/mol. The van der Waals surface area contributed by atoms with Crippen LogP contribution in [-0.2, 0) is 6.18 Å². The summed E-state index contributed by atoms with van der Waals surface area (Å²) < 4.78 is 37.3. The zero-order chi connectivity index (χ0) is 11.8. The molecule has 1 saturated carbocycles. The Morgan fingerprint density at radius 3 is 2.56 bits per heavy atom. The molecule has 2 rings (SSSR count). The van der Waals surface area contributed by atoms with Crippen LogP contribution in [0, 0.1) is 5.92 Å². The van der Waals surface area contributed by atoms with Gasteiger partial charge in [0.1, 0.15) is 0 Å². The van der Waals surface area contributed by atoms with Crippen molar-refractivity contribution in [2.24, 2.45) is 5.92 Å². The summed E-state index contributed by atoms with van der Waals surface area (Å²) in [7, 11) is 0. The van der Waals surface area contributed by atoms with Crippen LogP contribution in [0.4, 0.5) is 18.9 Å². The Hall–Kier alpha value is -1.19. The fourth-order valence-electron chi connectivity index (χ4n) is 1.76. The highest BCUT2D eigenvalue weighted by atomic mass is 19.4. The molecule has 0 aromatic heterocycles. The van der Waals surface area contributed by atoms with E-state index in [0.717, 1.165) is 6.07 Å². The number of rotatable bonds is 3. The molecule has 0 aliphatic heterocycles. The summed E-state index contributed by atoms with van der Waals surface area (Å²) in [6.45, 7) is 2.01. The van der Waals surface area contributed by atoms with Gasteiger partial charge in [-0.3, -0.25) is 0 Å². The highest BCUT2D eigenvalue weighted by Crippen LogP contribution is 2.35. The van der Waals surface area contributed by atoms with E-state index in [1.165, 1.54) is 25.0 Å². The first-order chi connectivity index (χ1) is 7.47. The average Bonchev–Trinajstić information content (AvgIpc) is 2.99. The lowest BCUT2D eigenvalue weighted by Gasteiger charge is -2.15. The Morgan fingerprint density at radius 2 is 2.00 bits per heavy atom. The Bertz CT molecular complexity index is 369. The van der Waals surface area contributed by atoms with Crippen LogP contribution in [0.15, 0.2) is 24.3 Å². The van der Waals surface area contributed by atoms with Gasteiger partial charge in [-0.05, 0) is 43.9 Å². The van der Waals surface area contributed by atoms with Crippen LogP contribution in [0.1, 0.15) is 25.3 Å². The van der Waals surface area contributed by atoms with Crippen LogP contribution in [0.2, 0.25) is 0 Å². The van der Waals surface area contributed by atoms with Gasteiger partial charge in [0.05, 0.1) is 5.56 Å². The van der Waals surface area contributed by atoms with Gasteiger partial charge in [0, 0.05) is 11.7 Å². The van der Waals surface area contributed by atoms with E-state index in [9.17, 15) is 13.2 Å². The SMILES string of the molecule is CC(Nc1cccc(C(F)(F)F)c1)C1CC1. The molecule has 1 aromatic rings. The normalized spacial score (nSPS) is 18.2. The van der Waals surface area contributed by atoms with Crippen molar-refractivity contribution in [2.75, 3.05) is 5.32 Å². The van der Waals surface area contributed by atoms with Crippen molar-refractivity contribution < 1.29 is 13.2 Å². The van der Waals surface area contributed by atoms with Crippen LogP contribution in [0.5, 0.6) is 0 Å². The Labute approximate surface area is 92.7 Å². The van der Waals surface area contributed by atoms with E-state index in [-0.39, 0.29) is 6.04 Å². The zero-order valence-corrected chi connectivity index (χ0v) is 9.01. The first-order valence-electron chi connectivity index (χ1n) is 5.40. The maximum absolute atomic E-state index is 12.4. The molecule has 0 saturated heterocycles. The molecule has 1 aromatic carbocycles. The molecule has 1 unspecified atom stereocenters. The number of hydrogen-bond acceptors (Lipinski definition) is 1. The summed E-state index contributed by atoms with van der Waals surface area (Å²) in [5, 5.41) is 3.12. The van der Waals surface area contributed by atoms with Crippen LogP contribution in [0.25, 0.3) is 0 Å². The molecular formula is C12H14F3N. The number of halogens is 3. The summed E-state index contributed by atoms with van der Waals surface area (Å²) in [6.07, 6.45) is -1.92. The number of nitrogens with one attached hydrogen (secondary N) is 1. The molecule has 16 heavy (non-hydrogen) atoms. The van der Waals surface area contributed by atoms with Crippen LogP contribution in [-0.4, -0.2) is 6.04 Å². The predicted molar refractivity (Wildman–Crippen MR) is 57.3 cm³/mol. The molecule has 1 aliphatic rings. The van der Waals surface area contributed by atoms with Crippen molar-refractivity contribution >= 4 is 5.69 Å². The third kappa shape index (κ3) is 2.68. The minimum absolute atomic E-state index is 0.253. The lowest BCUT2D eigenvalue weighted by molar-refractivity contribution is -0.137. The van der Waals surface area contributed by atoms with Crippen molar-refractivity contribution in [1.29, 1.82) is 0 Å². The van der Waals surface area contributed by atoms with Gasteiger partial charge in [-0.1, -0.05) is 6.07 Å². The summed E-state index contributed by atoms with van der Waals surface area (Å²) in [5.74, 6) is 0.620. The summed E-state index contributed by atoms with van der Waals surface area (Å²) >= 11 is 0. The minimum Gasteiger partial charge on any atom is -0.382 e. The minimum atomic E-state index is -4.26. The number of alkyl halides is 3. The quantitative estimate of drug-likeness (QED) is 0.828. The zero-order valence-electron chi connectivity index (χ0n) is 9.01. The van der Waals surface area contributed by atoms with Gasteiger partial charge in [-0.2, -0.15) is 13.2 Å². The first-order valence-corrected chi connectivity index (χ1v) is 5.40. The standard InChI is InChI=1S/C12H14F3N/c1-8(9-5-6-9)16-11-4-2-3-10(7-11)12(13,14)15/h2-4,7-9,16H,5-6H2,1H3. The molecule has 0 heterocycles. The van der Waals surface area contributed by atoms with Crippen molar-refractivity contribution in [3.63, 3.8) is 0 Å². The lowest BCUT2D eigenvalue weighted by Crippen LogP contribution is -2.17. The van der Waals surface area contributed by atoms with E-state index >= 15 is 0 Å². The van der Waals surface area contributed by atoms with Gasteiger partial charge in [0.25, 0.3) is 0 Å². The van der Waals surface area contributed by atoms with Gasteiger partial charge in [-0.15, -0.1) is 0 Å². The molecule has 1 atom stereocenters. The van der Waals surface area contributed by atoms with Crippen LogP contribution < -0.4 is 5.32 Å². The molecule has 0 bridgehead atoms. The van der Waals surface area contributed by atoms with Gasteiger partial charge in [0.15, 0.2) is 0 Å². The molecule has 1 nitrogen and oxygen atoms in total. The second-order valence-electron chi connectivity index (χ2n) is 4.35. The van der Waals surface area contributed by atoms with E-state index in [2.05, 4.69) is 5.32 Å². The Morgan fingerprint density at radius 1 is 1.31 bits per heavy atom. The highest BCUT2D eigenvalue weighted by molar-refractivity contribution is 5.47. The van der Waals surface area contributed by atoms with E-state index < -0.39 is 11.7 Å². The molecule has 0 radical (unpaired) electrons. The third-order valence-corrected chi connectivity index (χ3v) is 2.91. The first kappa shape index (κ1) is 11.3. The van der Waals surface area contributed by atoms with Gasteiger partial charge in [0.2, 0.25) is 0 Å². The third-order valence-electron chi connectivity index (χ3n) is 2.91. The largest absolute Gasteiger partial charge is 0.416 e. The molecule has 1 N–H and O–H groups in total. The molecule has 0 amide bonds. The predicted octanol–water partition coefficient (Wildman–Crippen LogP) is 3.92. The van der Waals surface area contributed by atoms with Gasteiger partial charge < -0.3 is 5.32 Å². The molecule has 1 aliphatic carbocycles. The lowest BCUT2D eigenvalue weighted by atomic mass is 10.1. The highest BCUT2D eigenvalue weighted by Gasteiger charge is 2.31. The van der Waals surface area contributed by atoms with E-state index in [4.69, 9.17) is 0 Å². The second kappa shape index (κ2) is 4.00. The van der Waals surface area contributed by atoms with Gasteiger partial charge >= 0.3 is 6.18 Å². The Kier molecular flexibility index (Phi) is 2.82. The summed E-state index contributed by atoms with van der Waals surface area (Å²) in [5.41, 5.74) is -0.0466. The van der Waals surface area contributed by atoms with Crippen LogP contribution >= 0.6 is 0 Å². The fourth-order valence-corrected chi connectivity index (χ4v) is 1.76. The van der Waals surface area contributed by atoms with E-state index in [1.54, 1.807) is 6.07 Å². The molecule has 4 heteroatoms. The summed E-state index contributed by atoms with van der Waals surface area (Å²) in [4.78, 5) is 0. The fraction of sp³-hybridized carbons (Fsp3) is 0.500. The van der Waals surface area contributed by atoms with Crippen molar-refractivity contribution in [3.05, 3.63) is 29.8 Å². The van der Waals surface area contributed by atoms with Crippen LogP contribution in [0.3, 0.4) is 0 Å². The molecule has 1 fully saturated rings. The maximum Gasteiger partial charge on any atom is 0.416 e. The Balaban J connectivity index is 2.09. The maximum atomic E-state index is 12.4. The van der Waals surface area contributed by atoms with E-state index in [0.29, 0.717) is 11.6 Å². The number of benzene rings is 1. The number of hydrogen-bond donors (Lipinski definition) is 1. The van der Waals surface area contributed by atoms with Crippen molar-refractivity contribution in [3.8, 4) is 0 Å². The summed E-state index contributed by atoms with van der Waals surface area (Å²) in [6, 6.07) is 5.62. The monoisotopic (exact) mass is 229 g/mol. The smallest absolute Gasteiger partial charge is 0.382 e.